The van der Waals surface area contributed by atoms with Gasteiger partial charge in [0.1, 0.15) is 5.69 Å². The minimum Gasteiger partial charge on any atom is -0.383 e. The van der Waals surface area contributed by atoms with E-state index in [-0.39, 0.29) is 16.6 Å². The van der Waals surface area contributed by atoms with E-state index in [0.717, 1.165) is 25.3 Å². The van der Waals surface area contributed by atoms with Gasteiger partial charge in [0.25, 0.3) is 5.69 Å². The summed E-state index contributed by atoms with van der Waals surface area (Å²) in [4.78, 5) is 10.5. The quantitative estimate of drug-likeness (QED) is 0.664. The maximum absolute atomic E-state index is 12.7. The van der Waals surface area contributed by atoms with Gasteiger partial charge in [0.15, 0.2) is 0 Å². The van der Waals surface area contributed by atoms with Crippen LogP contribution in [0, 0.1) is 10.1 Å². The molecule has 1 aliphatic rings. The van der Waals surface area contributed by atoms with Gasteiger partial charge in [0.05, 0.1) is 9.82 Å². The molecule has 0 saturated carbocycles. The third-order valence-electron chi connectivity index (χ3n) is 3.84. The molecule has 0 radical (unpaired) electrons. The second-order valence-electron chi connectivity index (χ2n) is 5.01. The van der Waals surface area contributed by atoms with Crippen LogP contribution in [0.5, 0.6) is 0 Å². The lowest BCUT2D eigenvalue weighted by Gasteiger charge is -2.23. The molecule has 0 spiro atoms. The SMILES string of the molecule is CCC1CCCN1S(=O)(=O)c1ccc(NC)c([N+](=O)[O-])c1. The molecule has 0 aliphatic carbocycles. The second kappa shape index (κ2) is 5.98. The highest BCUT2D eigenvalue weighted by Crippen LogP contribution is 2.32. The average molecular weight is 313 g/mol. The topological polar surface area (TPSA) is 92.6 Å². The van der Waals surface area contributed by atoms with Crippen LogP contribution >= 0.6 is 0 Å². The van der Waals surface area contributed by atoms with E-state index in [1.54, 1.807) is 7.05 Å². The molecule has 1 saturated heterocycles. The molecular weight excluding hydrogens is 294 g/mol. The van der Waals surface area contributed by atoms with Crippen molar-refractivity contribution in [2.24, 2.45) is 0 Å². The summed E-state index contributed by atoms with van der Waals surface area (Å²) in [6.45, 7) is 2.42. The Morgan fingerprint density at radius 1 is 1.48 bits per heavy atom. The Labute approximate surface area is 124 Å². The van der Waals surface area contributed by atoms with E-state index in [1.807, 2.05) is 6.92 Å². The Balaban J connectivity index is 2.45. The van der Waals surface area contributed by atoms with Crippen molar-refractivity contribution < 1.29 is 13.3 Å². The molecule has 1 aromatic rings. The summed E-state index contributed by atoms with van der Waals surface area (Å²) in [5.41, 5.74) is 0.0678. The van der Waals surface area contributed by atoms with E-state index < -0.39 is 14.9 Å². The van der Waals surface area contributed by atoms with Crippen molar-refractivity contribution in [2.45, 2.75) is 37.1 Å². The normalized spacial score (nSPS) is 19.6. The Morgan fingerprint density at radius 3 is 2.76 bits per heavy atom. The number of nitrogens with zero attached hydrogens (tertiary/aromatic N) is 2. The highest BCUT2D eigenvalue weighted by atomic mass is 32.2. The van der Waals surface area contributed by atoms with Gasteiger partial charge in [-0.3, -0.25) is 10.1 Å². The molecule has 0 bridgehead atoms. The smallest absolute Gasteiger partial charge is 0.293 e. The maximum atomic E-state index is 12.7. The van der Waals surface area contributed by atoms with E-state index in [1.165, 1.54) is 16.4 Å². The third kappa shape index (κ3) is 2.86. The molecule has 0 aromatic heterocycles. The van der Waals surface area contributed by atoms with Crippen molar-refractivity contribution in [1.29, 1.82) is 0 Å². The van der Waals surface area contributed by atoms with Crippen LogP contribution in [-0.2, 0) is 10.0 Å². The van der Waals surface area contributed by atoms with E-state index in [4.69, 9.17) is 0 Å². The van der Waals surface area contributed by atoms with Crippen molar-refractivity contribution in [3.63, 3.8) is 0 Å². The van der Waals surface area contributed by atoms with Gasteiger partial charge in [0.2, 0.25) is 10.0 Å². The van der Waals surface area contributed by atoms with Gasteiger partial charge in [-0.1, -0.05) is 6.92 Å². The first-order chi connectivity index (χ1) is 9.91. The molecule has 21 heavy (non-hydrogen) atoms. The van der Waals surface area contributed by atoms with Crippen LogP contribution in [0.25, 0.3) is 0 Å². The first-order valence-electron chi connectivity index (χ1n) is 6.89. The number of nitrogens with one attached hydrogen (secondary N) is 1. The van der Waals surface area contributed by atoms with Gasteiger partial charge >= 0.3 is 0 Å². The number of anilines is 1. The molecule has 1 heterocycles. The molecule has 1 atom stereocenters. The average Bonchev–Trinajstić information content (AvgIpc) is 2.95. The number of nitro benzene ring substituents is 1. The summed E-state index contributed by atoms with van der Waals surface area (Å²) in [5.74, 6) is 0. The number of sulfonamides is 1. The molecule has 2 rings (SSSR count). The predicted octanol–water partition coefficient (Wildman–Crippen LogP) is 2.20. The number of benzene rings is 1. The summed E-state index contributed by atoms with van der Waals surface area (Å²) in [6, 6.07) is 3.96. The molecule has 1 aliphatic heterocycles. The summed E-state index contributed by atoms with van der Waals surface area (Å²) >= 11 is 0. The molecule has 1 unspecified atom stereocenters. The van der Waals surface area contributed by atoms with Crippen LogP contribution in [0.1, 0.15) is 26.2 Å². The lowest BCUT2D eigenvalue weighted by molar-refractivity contribution is -0.384. The summed E-state index contributed by atoms with van der Waals surface area (Å²) in [6.07, 6.45) is 2.41. The third-order valence-corrected chi connectivity index (χ3v) is 5.78. The van der Waals surface area contributed by atoms with E-state index in [9.17, 15) is 18.5 Å². The maximum Gasteiger partial charge on any atom is 0.293 e. The van der Waals surface area contributed by atoms with Crippen LogP contribution in [0.15, 0.2) is 23.1 Å². The molecule has 0 amide bonds. The Bertz CT molecular complexity index is 645. The largest absolute Gasteiger partial charge is 0.383 e. The van der Waals surface area contributed by atoms with Crippen molar-refractivity contribution in [2.75, 3.05) is 18.9 Å². The standard InChI is InChI=1S/C13H19N3O4S/c1-3-10-5-4-8-15(10)21(19,20)11-6-7-12(14-2)13(9-11)16(17)18/h6-7,9-10,14H,3-5,8H2,1-2H3. The second-order valence-corrected chi connectivity index (χ2v) is 6.90. The zero-order chi connectivity index (χ0) is 15.6. The predicted molar refractivity (Wildman–Crippen MR) is 79.8 cm³/mol. The highest BCUT2D eigenvalue weighted by Gasteiger charge is 2.35. The fraction of sp³-hybridized carbons (Fsp3) is 0.538. The number of hydrogen-bond acceptors (Lipinski definition) is 5. The molecular formula is C13H19N3O4S. The minimum absolute atomic E-state index is 0.0157. The van der Waals surface area contributed by atoms with E-state index >= 15 is 0 Å². The van der Waals surface area contributed by atoms with Gasteiger partial charge in [-0.25, -0.2) is 8.42 Å². The lowest BCUT2D eigenvalue weighted by Crippen LogP contribution is -2.35. The monoisotopic (exact) mass is 313 g/mol. The summed E-state index contributed by atoms with van der Waals surface area (Å²) < 4.78 is 26.8. The number of hydrogen-bond donors (Lipinski definition) is 1. The zero-order valence-electron chi connectivity index (χ0n) is 12.1. The van der Waals surface area contributed by atoms with Crippen LogP contribution in [0.4, 0.5) is 11.4 Å². The van der Waals surface area contributed by atoms with E-state index in [0.29, 0.717) is 12.2 Å². The Kier molecular flexibility index (Phi) is 4.48. The van der Waals surface area contributed by atoms with Gasteiger partial charge in [-0.15, -0.1) is 0 Å². The molecule has 116 valence electrons. The van der Waals surface area contributed by atoms with Crippen LogP contribution < -0.4 is 5.32 Å². The first kappa shape index (κ1) is 15.7. The van der Waals surface area contributed by atoms with E-state index in [2.05, 4.69) is 5.32 Å². The van der Waals surface area contributed by atoms with Crippen molar-refractivity contribution in [1.82, 2.24) is 4.31 Å². The van der Waals surface area contributed by atoms with Gasteiger partial charge in [0, 0.05) is 25.7 Å². The van der Waals surface area contributed by atoms with Crippen LogP contribution in [-0.4, -0.2) is 37.3 Å². The lowest BCUT2D eigenvalue weighted by atomic mass is 10.2. The minimum atomic E-state index is -3.68. The highest BCUT2D eigenvalue weighted by molar-refractivity contribution is 7.89. The number of rotatable bonds is 5. The number of nitro groups is 1. The van der Waals surface area contributed by atoms with Crippen molar-refractivity contribution >= 4 is 21.4 Å². The molecule has 8 heteroatoms. The fourth-order valence-electron chi connectivity index (χ4n) is 2.70. The molecule has 1 fully saturated rings. The zero-order valence-corrected chi connectivity index (χ0v) is 12.9. The van der Waals surface area contributed by atoms with Crippen LogP contribution in [0.2, 0.25) is 0 Å². The first-order valence-corrected chi connectivity index (χ1v) is 8.33. The van der Waals surface area contributed by atoms with Gasteiger partial charge < -0.3 is 5.32 Å². The Morgan fingerprint density at radius 2 is 2.19 bits per heavy atom. The fourth-order valence-corrected chi connectivity index (χ4v) is 4.49. The van der Waals surface area contributed by atoms with Crippen molar-refractivity contribution in [3.05, 3.63) is 28.3 Å². The summed E-state index contributed by atoms with van der Waals surface area (Å²) in [7, 11) is -2.12. The van der Waals surface area contributed by atoms with Crippen molar-refractivity contribution in [3.8, 4) is 0 Å². The summed E-state index contributed by atoms with van der Waals surface area (Å²) in [5, 5.41) is 13.8. The molecule has 1 N–H and O–H groups in total. The Hall–Kier alpha value is -1.67. The molecule has 7 nitrogen and oxygen atoms in total. The molecule has 1 aromatic carbocycles. The van der Waals surface area contributed by atoms with Crippen LogP contribution in [0.3, 0.4) is 0 Å². The van der Waals surface area contributed by atoms with Gasteiger partial charge in [-0.2, -0.15) is 4.31 Å². The van der Waals surface area contributed by atoms with Gasteiger partial charge in [-0.05, 0) is 31.4 Å².